The van der Waals surface area contributed by atoms with Crippen molar-refractivity contribution in [2.75, 3.05) is 65.3 Å². The minimum absolute atomic E-state index is 0.206. The summed E-state index contributed by atoms with van der Waals surface area (Å²) in [6.45, 7) is 6.13. The summed E-state index contributed by atoms with van der Waals surface area (Å²) >= 11 is 0. The van der Waals surface area contributed by atoms with Gasteiger partial charge in [-0.15, -0.1) is 0 Å². The summed E-state index contributed by atoms with van der Waals surface area (Å²) in [6, 6.07) is 10.9. The topological polar surface area (TPSA) is 106 Å². The third-order valence-electron chi connectivity index (χ3n) is 5.50. The van der Waals surface area contributed by atoms with Gasteiger partial charge in [-0.1, -0.05) is 6.07 Å². The number of hydrogen-bond donors (Lipinski definition) is 2. The van der Waals surface area contributed by atoms with Crippen LogP contribution in [-0.2, 0) is 0 Å². The first-order valence-corrected chi connectivity index (χ1v) is 10.7. The zero-order valence-corrected chi connectivity index (χ0v) is 18.2. The van der Waals surface area contributed by atoms with Gasteiger partial charge >= 0.3 is 0 Å². The van der Waals surface area contributed by atoms with E-state index < -0.39 is 0 Å². The molecule has 0 bridgehead atoms. The average molecular weight is 440 g/mol. The molecule has 4 rings (SSSR count). The number of rotatable bonds is 9. The van der Waals surface area contributed by atoms with E-state index in [4.69, 9.17) is 25.1 Å². The number of aromatic nitrogens is 2. The Balaban J connectivity index is 1.46. The molecule has 1 fully saturated rings. The number of hydrogen-bond acceptors (Lipinski definition) is 9. The van der Waals surface area contributed by atoms with Crippen LogP contribution in [0.1, 0.15) is 0 Å². The largest absolute Gasteiger partial charge is 0.493 e. The second-order valence-electron chi connectivity index (χ2n) is 7.63. The van der Waals surface area contributed by atoms with Crippen molar-refractivity contribution >= 4 is 16.6 Å². The molecule has 32 heavy (non-hydrogen) atoms. The van der Waals surface area contributed by atoms with Crippen LogP contribution in [0.3, 0.4) is 0 Å². The molecule has 0 atom stereocenters. The van der Waals surface area contributed by atoms with Crippen molar-refractivity contribution in [1.82, 2.24) is 19.8 Å². The summed E-state index contributed by atoms with van der Waals surface area (Å²) in [5, 5.41) is 9.81. The standard InChI is InChI=1S/C23H29N5O4/c1-30-21-15-20-19(23(26-16-25-20)32-18-4-2-3-17(24)13-18)14-22(21)31-12-10-28-7-5-27(6-8-28)9-11-29/h2-4,13-16,29H,5-12,24H2,1H3. The van der Waals surface area contributed by atoms with Gasteiger partial charge in [0.2, 0.25) is 5.88 Å². The summed E-state index contributed by atoms with van der Waals surface area (Å²) in [7, 11) is 1.61. The van der Waals surface area contributed by atoms with Gasteiger partial charge in [-0.05, 0) is 18.2 Å². The van der Waals surface area contributed by atoms with Crippen molar-refractivity contribution in [1.29, 1.82) is 0 Å². The lowest BCUT2D eigenvalue weighted by molar-refractivity contribution is 0.101. The van der Waals surface area contributed by atoms with Crippen LogP contribution in [-0.4, -0.2) is 84.5 Å². The molecule has 2 heterocycles. The van der Waals surface area contributed by atoms with E-state index in [9.17, 15) is 0 Å². The minimum atomic E-state index is 0.206. The Morgan fingerprint density at radius 2 is 1.78 bits per heavy atom. The van der Waals surface area contributed by atoms with Crippen molar-refractivity contribution in [2.45, 2.75) is 0 Å². The van der Waals surface area contributed by atoms with Crippen LogP contribution >= 0.6 is 0 Å². The smallest absolute Gasteiger partial charge is 0.230 e. The number of aliphatic hydroxyl groups is 1. The lowest BCUT2D eigenvalue weighted by Gasteiger charge is -2.34. The molecule has 0 aliphatic carbocycles. The SMILES string of the molecule is COc1cc2ncnc(Oc3cccc(N)c3)c2cc1OCCN1CCN(CCO)CC1. The highest BCUT2D eigenvalue weighted by Crippen LogP contribution is 2.36. The maximum atomic E-state index is 9.08. The van der Waals surface area contributed by atoms with Gasteiger partial charge in [0.1, 0.15) is 18.7 Å². The van der Waals surface area contributed by atoms with E-state index >= 15 is 0 Å². The number of fused-ring (bicyclic) bond motifs is 1. The van der Waals surface area contributed by atoms with E-state index in [0.29, 0.717) is 40.9 Å². The Hall–Kier alpha value is -3.14. The normalized spacial score (nSPS) is 15.1. The third-order valence-corrected chi connectivity index (χ3v) is 5.50. The first-order chi connectivity index (χ1) is 15.7. The predicted octanol–water partition coefficient (Wildman–Crippen LogP) is 2.00. The van der Waals surface area contributed by atoms with Crippen molar-refractivity contribution in [3.05, 3.63) is 42.7 Å². The summed E-state index contributed by atoms with van der Waals surface area (Å²) in [5.74, 6) is 2.25. The highest BCUT2D eigenvalue weighted by atomic mass is 16.5. The molecule has 0 amide bonds. The van der Waals surface area contributed by atoms with Gasteiger partial charge in [-0.2, -0.15) is 0 Å². The van der Waals surface area contributed by atoms with Crippen LogP contribution in [0.25, 0.3) is 10.9 Å². The van der Waals surface area contributed by atoms with Crippen LogP contribution in [0.2, 0.25) is 0 Å². The molecule has 3 N–H and O–H groups in total. The summed E-state index contributed by atoms with van der Waals surface area (Å²) in [4.78, 5) is 13.3. The van der Waals surface area contributed by atoms with E-state index in [1.807, 2.05) is 24.3 Å². The highest BCUT2D eigenvalue weighted by Gasteiger charge is 2.17. The van der Waals surface area contributed by atoms with Gasteiger partial charge in [-0.25, -0.2) is 9.97 Å². The molecule has 1 saturated heterocycles. The highest BCUT2D eigenvalue weighted by molar-refractivity contribution is 5.87. The van der Waals surface area contributed by atoms with E-state index in [-0.39, 0.29) is 6.61 Å². The number of β-amino-alcohol motifs (C(OH)–C–C–N with tert-alkyl or cyclic N) is 1. The predicted molar refractivity (Wildman–Crippen MR) is 122 cm³/mol. The van der Waals surface area contributed by atoms with Gasteiger partial charge < -0.3 is 25.1 Å². The zero-order chi connectivity index (χ0) is 22.3. The summed E-state index contributed by atoms with van der Waals surface area (Å²) < 4.78 is 17.6. The number of nitrogen functional groups attached to an aromatic ring is 1. The number of methoxy groups -OCH3 is 1. The van der Waals surface area contributed by atoms with Crippen molar-refractivity contribution in [3.8, 4) is 23.1 Å². The number of anilines is 1. The number of nitrogens with two attached hydrogens (primary N) is 1. The molecule has 1 aliphatic heterocycles. The van der Waals surface area contributed by atoms with Gasteiger partial charge in [0, 0.05) is 57.1 Å². The lowest BCUT2D eigenvalue weighted by atomic mass is 10.2. The number of ether oxygens (including phenoxy) is 3. The fourth-order valence-corrected chi connectivity index (χ4v) is 3.75. The molecular weight excluding hydrogens is 410 g/mol. The van der Waals surface area contributed by atoms with Crippen molar-refractivity contribution in [3.63, 3.8) is 0 Å². The van der Waals surface area contributed by atoms with Gasteiger partial charge in [-0.3, -0.25) is 9.80 Å². The van der Waals surface area contributed by atoms with Gasteiger partial charge in [0.25, 0.3) is 0 Å². The van der Waals surface area contributed by atoms with E-state index in [1.54, 1.807) is 19.2 Å². The van der Waals surface area contributed by atoms with Crippen LogP contribution in [0.4, 0.5) is 5.69 Å². The molecule has 170 valence electrons. The number of nitrogens with zero attached hydrogens (tertiary/aromatic N) is 4. The molecule has 3 aromatic rings. The molecular formula is C23H29N5O4. The molecule has 0 spiro atoms. The van der Waals surface area contributed by atoms with Gasteiger partial charge in [0.15, 0.2) is 11.5 Å². The van der Waals surface area contributed by atoms with E-state index in [2.05, 4.69) is 19.8 Å². The maximum absolute atomic E-state index is 9.08. The average Bonchev–Trinajstić information content (AvgIpc) is 2.80. The fraction of sp³-hybridized carbons (Fsp3) is 0.391. The Labute approximate surface area is 187 Å². The summed E-state index contributed by atoms with van der Waals surface area (Å²) in [5.41, 5.74) is 7.17. The number of benzene rings is 2. The summed E-state index contributed by atoms with van der Waals surface area (Å²) in [6.07, 6.45) is 1.46. The fourth-order valence-electron chi connectivity index (χ4n) is 3.75. The second-order valence-corrected chi connectivity index (χ2v) is 7.63. The lowest BCUT2D eigenvalue weighted by Crippen LogP contribution is -2.48. The van der Waals surface area contributed by atoms with Crippen LogP contribution in [0, 0.1) is 0 Å². The Bertz CT molecular complexity index is 1040. The van der Waals surface area contributed by atoms with Crippen LogP contribution < -0.4 is 19.9 Å². The van der Waals surface area contributed by atoms with Crippen molar-refractivity contribution < 1.29 is 19.3 Å². The number of piperazine rings is 1. The molecule has 9 nitrogen and oxygen atoms in total. The molecule has 0 unspecified atom stereocenters. The van der Waals surface area contributed by atoms with Crippen molar-refractivity contribution in [2.24, 2.45) is 0 Å². The monoisotopic (exact) mass is 439 g/mol. The first-order valence-electron chi connectivity index (χ1n) is 10.7. The Morgan fingerprint density at radius 1 is 1.00 bits per heavy atom. The Kier molecular flexibility index (Phi) is 7.21. The van der Waals surface area contributed by atoms with E-state index in [1.165, 1.54) is 6.33 Å². The van der Waals surface area contributed by atoms with Gasteiger partial charge in [0.05, 0.1) is 24.6 Å². The molecule has 1 aromatic heterocycles. The Morgan fingerprint density at radius 3 is 2.50 bits per heavy atom. The van der Waals surface area contributed by atoms with Crippen LogP contribution in [0.5, 0.6) is 23.1 Å². The quantitative estimate of drug-likeness (QED) is 0.484. The first kappa shape index (κ1) is 22.1. The molecule has 1 aliphatic rings. The second kappa shape index (κ2) is 10.4. The molecule has 2 aromatic carbocycles. The minimum Gasteiger partial charge on any atom is -0.493 e. The molecule has 9 heteroatoms. The molecule has 0 saturated carbocycles. The maximum Gasteiger partial charge on any atom is 0.230 e. The molecule has 0 radical (unpaired) electrons. The third kappa shape index (κ3) is 5.37. The van der Waals surface area contributed by atoms with Crippen LogP contribution in [0.15, 0.2) is 42.7 Å². The number of aliphatic hydroxyl groups excluding tert-OH is 1. The zero-order valence-electron chi connectivity index (χ0n) is 18.2. The van der Waals surface area contributed by atoms with E-state index in [0.717, 1.165) is 44.7 Å².